The average Bonchev–Trinajstić information content (AvgIpc) is 2.58. The molecule has 1 aromatic rings. The first kappa shape index (κ1) is 14.3. The normalized spacial score (nSPS) is 22.6. The maximum atomic E-state index is 9.46. The van der Waals surface area contributed by atoms with Gasteiger partial charge in [0, 0.05) is 12.4 Å². The Morgan fingerprint density at radius 2 is 2.14 bits per heavy atom. The van der Waals surface area contributed by atoms with E-state index in [1.165, 1.54) is 19.3 Å². The minimum atomic E-state index is 0.372. The van der Waals surface area contributed by atoms with Crippen molar-refractivity contribution in [3.63, 3.8) is 0 Å². The lowest BCUT2D eigenvalue weighted by atomic mass is 9.96. The number of aliphatic imine (C=N–C) groups is 1. The fraction of sp³-hybridized carbons (Fsp3) is 0.353. The third-order valence-corrected chi connectivity index (χ3v) is 3.91. The van der Waals surface area contributed by atoms with E-state index in [4.69, 9.17) is 4.99 Å². The second-order valence-electron chi connectivity index (χ2n) is 5.49. The summed E-state index contributed by atoms with van der Waals surface area (Å²) in [4.78, 5) is 8.99. The average molecular weight is 293 g/mol. The Balaban J connectivity index is 1.84. The van der Waals surface area contributed by atoms with E-state index in [0.717, 1.165) is 18.5 Å². The lowest BCUT2D eigenvalue weighted by Crippen LogP contribution is -2.38. The van der Waals surface area contributed by atoms with E-state index in [-0.39, 0.29) is 0 Å². The van der Waals surface area contributed by atoms with Crippen LogP contribution in [0.3, 0.4) is 0 Å². The van der Waals surface area contributed by atoms with Crippen LogP contribution in [0.2, 0.25) is 0 Å². The van der Waals surface area contributed by atoms with E-state index >= 15 is 0 Å². The van der Waals surface area contributed by atoms with Crippen molar-refractivity contribution >= 4 is 11.5 Å². The fourth-order valence-electron chi connectivity index (χ4n) is 2.78. The molecule has 1 aromatic heterocycles. The molecule has 112 valence electrons. The minimum Gasteiger partial charge on any atom is -0.333 e. The molecular weight excluding hydrogens is 274 g/mol. The SMILES string of the molecule is N#CC(=C1C=CNC(=NC2CCCCC2)N1)c1ccccn1. The second-order valence-corrected chi connectivity index (χ2v) is 5.49. The Hall–Kier alpha value is -2.61. The Labute approximate surface area is 130 Å². The van der Waals surface area contributed by atoms with E-state index in [2.05, 4.69) is 21.7 Å². The van der Waals surface area contributed by atoms with Gasteiger partial charge in [0.15, 0.2) is 5.96 Å². The van der Waals surface area contributed by atoms with Crippen LogP contribution in [0.4, 0.5) is 0 Å². The molecule has 22 heavy (non-hydrogen) atoms. The van der Waals surface area contributed by atoms with Gasteiger partial charge in [-0.25, -0.2) is 4.99 Å². The zero-order chi connectivity index (χ0) is 15.2. The number of rotatable bonds is 2. The summed E-state index contributed by atoms with van der Waals surface area (Å²) >= 11 is 0. The molecule has 1 fully saturated rings. The van der Waals surface area contributed by atoms with Gasteiger partial charge < -0.3 is 10.6 Å². The van der Waals surface area contributed by atoms with E-state index in [1.807, 2.05) is 30.5 Å². The van der Waals surface area contributed by atoms with Crippen molar-refractivity contribution in [3.8, 4) is 6.07 Å². The number of nitriles is 1. The van der Waals surface area contributed by atoms with Gasteiger partial charge in [0.05, 0.1) is 17.4 Å². The van der Waals surface area contributed by atoms with Crippen molar-refractivity contribution < 1.29 is 0 Å². The standard InChI is InChI=1S/C17H19N5/c18-12-14(15-8-4-5-10-19-15)16-9-11-20-17(22-16)21-13-6-2-1-3-7-13/h4-5,8-11,13H,1-3,6-7H2,(H2,20,21,22). The zero-order valence-electron chi connectivity index (χ0n) is 12.4. The molecular formula is C17H19N5. The van der Waals surface area contributed by atoms with Crippen molar-refractivity contribution in [2.75, 3.05) is 0 Å². The molecule has 0 unspecified atom stereocenters. The first-order valence-corrected chi connectivity index (χ1v) is 7.70. The van der Waals surface area contributed by atoms with E-state index < -0.39 is 0 Å². The number of nitrogens with zero attached hydrogens (tertiary/aromatic N) is 3. The number of allylic oxidation sites excluding steroid dienone is 2. The molecule has 1 aliphatic carbocycles. The Morgan fingerprint density at radius 1 is 1.27 bits per heavy atom. The van der Waals surface area contributed by atoms with Crippen molar-refractivity contribution in [1.82, 2.24) is 15.6 Å². The summed E-state index contributed by atoms with van der Waals surface area (Å²) in [5, 5.41) is 15.8. The highest BCUT2D eigenvalue weighted by molar-refractivity contribution is 5.89. The Morgan fingerprint density at radius 3 is 2.86 bits per heavy atom. The third-order valence-electron chi connectivity index (χ3n) is 3.91. The van der Waals surface area contributed by atoms with Crippen LogP contribution >= 0.6 is 0 Å². The third kappa shape index (κ3) is 3.34. The van der Waals surface area contributed by atoms with Crippen LogP contribution in [-0.2, 0) is 0 Å². The largest absolute Gasteiger partial charge is 0.333 e. The van der Waals surface area contributed by atoms with E-state index in [0.29, 0.717) is 23.3 Å². The summed E-state index contributed by atoms with van der Waals surface area (Å²) in [5.41, 5.74) is 1.92. The van der Waals surface area contributed by atoms with Gasteiger partial charge in [-0.1, -0.05) is 25.3 Å². The lowest BCUT2D eigenvalue weighted by Gasteiger charge is -2.22. The quantitative estimate of drug-likeness (QED) is 0.822. The molecule has 5 heteroatoms. The number of aromatic nitrogens is 1. The summed E-state index contributed by atoms with van der Waals surface area (Å²) in [6.07, 6.45) is 11.4. The second kappa shape index (κ2) is 6.90. The van der Waals surface area contributed by atoms with Crippen molar-refractivity contribution in [1.29, 1.82) is 5.26 Å². The summed E-state index contributed by atoms with van der Waals surface area (Å²) in [6.45, 7) is 0. The van der Waals surface area contributed by atoms with Gasteiger partial charge in [0.25, 0.3) is 0 Å². The van der Waals surface area contributed by atoms with Gasteiger partial charge in [0.2, 0.25) is 0 Å². The molecule has 0 radical (unpaired) electrons. The van der Waals surface area contributed by atoms with E-state index in [9.17, 15) is 5.26 Å². The van der Waals surface area contributed by atoms with Crippen LogP contribution in [0.25, 0.3) is 5.57 Å². The monoisotopic (exact) mass is 293 g/mol. The Bertz CT molecular complexity index is 645. The highest BCUT2D eigenvalue weighted by Crippen LogP contribution is 2.21. The number of nitrogens with one attached hydrogen (secondary N) is 2. The van der Waals surface area contributed by atoms with Crippen LogP contribution in [-0.4, -0.2) is 17.0 Å². The molecule has 0 saturated heterocycles. The summed E-state index contributed by atoms with van der Waals surface area (Å²) in [6, 6.07) is 8.15. The molecule has 0 amide bonds. The number of hydrogen-bond acceptors (Lipinski definition) is 3. The smallest absolute Gasteiger partial charge is 0.200 e. The van der Waals surface area contributed by atoms with Crippen molar-refractivity contribution in [2.24, 2.45) is 4.99 Å². The highest BCUT2D eigenvalue weighted by Gasteiger charge is 2.16. The maximum Gasteiger partial charge on any atom is 0.200 e. The lowest BCUT2D eigenvalue weighted by molar-refractivity contribution is 0.442. The van der Waals surface area contributed by atoms with Gasteiger partial charge in [0.1, 0.15) is 11.6 Å². The topological polar surface area (TPSA) is 73.1 Å². The van der Waals surface area contributed by atoms with Crippen molar-refractivity contribution in [2.45, 2.75) is 38.1 Å². The number of hydrogen-bond donors (Lipinski definition) is 2. The van der Waals surface area contributed by atoms with Crippen molar-refractivity contribution in [3.05, 3.63) is 48.1 Å². The fourth-order valence-corrected chi connectivity index (χ4v) is 2.78. The number of pyridine rings is 1. The van der Waals surface area contributed by atoms with Gasteiger partial charge in [-0.05, 0) is 31.1 Å². The summed E-state index contributed by atoms with van der Waals surface area (Å²) < 4.78 is 0. The molecule has 1 aliphatic heterocycles. The zero-order valence-corrected chi connectivity index (χ0v) is 12.4. The predicted octanol–water partition coefficient (Wildman–Crippen LogP) is 2.71. The molecule has 0 spiro atoms. The summed E-state index contributed by atoms with van der Waals surface area (Å²) in [5.74, 6) is 0.716. The van der Waals surface area contributed by atoms with Crippen LogP contribution in [0.15, 0.2) is 47.4 Å². The number of guanidine groups is 1. The van der Waals surface area contributed by atoms with E-state index in [1.54, 1.807) is 6.20 Å². The first-order valence-electron chi connectivity index (χ1n) is 7.70. The molecule has 2 N–H and O–H groups in total. The molecule has 2 aliphatic rings. The van der Waals surface area contributed by atoms with Gasteiger partial charge in [-0.15, -0.1) is 0 Å². The van der Waals surface area contributed by atoms with Gasteiger partial charge in [-0.2, -0.15) is 5.26 Å². The predicted molar refractivity (Wildman–Crippen MR) is 86.5 cm³/mol. The van der Waals surface area contributed by atoms with Crippen LogP contribution in [0, 0.1) is 11.3 Å². The molecule has 0 bridgehead atoms. The van der Waals surface area contributed by atoms with Crippen LogP contribution in [0.5, 0.6) is 0 Å². The molecule has 3 rings (SSSR count). The minimum absolute atomic E-state index is 0.372. The molecule has 0 aromatic carbocycles. The van der Waals surface area contributed by atoms with Gasteiger partial charge in [-0.3, -0.25) is 4.98 Å². The highest BCUT2D eigenvalue weighted by atomic mass is 15.2. The summed E-state index contributed by atoms with van der Waals surface area (Å²) in [7, 11) is 0. The van der Waals surface area contributed by atoms with Crippen LogP contribution in [0.1, 0.15) is 37.8 Å². The molecule has 2 heterocycles. The maximum absolute atomic E-state index is 9.46. The molecule has 5 nitrogen and oxygen atoms in total. The van der Waals surface area contributed by atoms with Crippen LogP contribution < -0.4 is 10.6 Å². The first-order chi connectivity index (χ1) is 10.9. The Kier molecular flexibility index (Phi) is 4.50. The van der Waals surface area contributed by atoms with Gasteiger partial charge >= 0.3 is 0 Å². The molecule has 1 saturated carbocycles. The molecule has 0 atom stereocenters.